The Morgan fingerprint density at radius 1 is 1.18 bits per heavy atom. The highest BCUT2D eigenvalue weighted by Crippen LogP contribution is 2.22. The summed E-state index contributed by atoms with van der Waals surface area (Å²) in [7, 11) is 0. The van der Waals surface area contributed by atoms with Crippen molar-refractivity contribution in [3.63, 3.8) is 0 Å². The van der Waals surface area contributed by atoms with Crippen molar-refractivity contribution < 1.29 is 14.3 Å². The maximum atomic E-state index is 11.8. The molecule has 17 heavy (non-hydrogen) atoms. The molecule has 0 heterocycles. The molecule has 3 heteroatoms. The monoisotopic (exact) mass is 234 g/mol. The highest BCUT2D eigenvalue weighted by Gasteiger charge is 2.22. The standard InChI is InChI=1S/C14H18O3/c1-3-13(15)12(10-14(16)17-4-2)11-8-6-5-7-9-11/h5-9,12H,3-4,10H2,1-2H3. The number of ether oxygens (including phenoxy) is 1. The minimum atomic E-state index is -0.375. The molecule has 0 saturated heterocycles. The lowest BCUT2D eigenvalue weighted by molar-refractivity contribution is -0.144. The molecule has 0 aliphatic heterocycles. The van der Waals surface area contributed by atoms with E-state index in [4.69, 9.17) is 4.74 Å². The van der Waals surface area contributed by atoms with Gasteiger partial charge in [0.05, 0.1) is 18.9 Å². The molecule has 1 unspecified atom stereocenters. The Labute approximate surface area is 102 Å². The van der Waals surface area contributed by atoms with Crippen molar-refractivity contribution >= 4 is 11.8 Å². The van der Waals surface area contributed by atoms with Crippen LogP contribution >= 0.6 is 0 Å². The molecule has 1 rings (SSSR count). The molecule has 0 amide bonds. The van der Waals surface area contributed by atoms with Gasteiger partial charge in [-0.25, -0.2) is 0 Å². The predicted octanol–water partition coefficient (Wildman–Crippen LogP) is 2.70. The fraction of sp³-hybridized carbons (Fsp3) is 0.429. The molecule has 92 valence electrons. The van der Waals surface area contributed by atoms with Gasteiger partial charge in [-0.3, -0.25) is 9.59 Å². The summed E-state index contributed by atoms with van der Waals surface area (Å²) in [6.07, 6.45) is 0.559. The lowest BCUT2D eigenvalue weighted by Gasteiger charge is -2.14. The highest BCUT2D eigenvalue weighted by molar-refractivity contribution is 5.89. The average Bonchev–Trinajstić information content (AvgIpc) is 2.36. The normalized spacial score (nSPS) is 11.9. The van der Waals surface area contributed by atoms with Gasteiger partial charge in [0.25, 0.3) is 0 Å². The van der Waals surface area contributed by atoms with Crippen LogP contribution in [0.4, 0.5) is 0 Å². The van der Waals surface area contributed by atoms with E-state index in [1.54, 1.807) is 6.92 Å². The largest absolute Gasteiger partial charge is 0.466 e. The minimum Gasteiger partial charge on any atom is -0.466 e. The van der Waals surface area contributed by atoms with Crippen molar-refractivity contribution in [1.82, 2.24) is 0 Å². The van der Waals surface area contributed by atoms with Crippen LogP contribution in [0.25, 0.3) is 0 Å². The summed E-state index contributed by atoms with van der Waals surface area (Å²) >= 11 is 0. The van der Waals surface area contributed by atoms with E-state index < -0.39 is 0 Å². The van der Waals surface area contributed by atoms with Crippen LogP contribution in [0.2, 0.25) is 0 Å². The van der Waals surface area contributed by atoms with E-state index in [0.717, 1.165) is 5.56 Å². The molecule has 0 N–H and O–H groups in total. The number of esters is 1. The molecule has 0 radical (unpaired) electrons. The number of hydrogen-bond acceptors (Lipinski definition) is 3. The second kappa shape index (κ2) is 6.84. The summed E-state index contributed by atoms with van der Waals surface area (Å²) in [6, 6.07) is 9.38. The van der Waals surface area contributed by atoms with Crippen LogP contribution in [0.3, 0.4) is 0 Å². The first-order valence-electron chi connectivity index (χ1n) is 5.92. The Morgan fingerprint density at radius 2 is 1.82 bits per heavy atom. The molecular weight excluding hydrogens is 216 g/mol. The van der Waals surface area contributed by atoms with Gasteiger partial charge in [-0.05, 0) is 12.5 Å². The number of benzene rings is 1. The van der Waals surface area contributed by atoms with E-state index in [1.165, 1.54) is 0 Å². The van der Waals surface area contributed by atoms with Gasteiger partial charge in [0, 0.05) is 6.42 Å². The molecule has 0 saturated carbocycles. The lowest BCUT2D eigenvalue weighted by atomic mass is 9.90. The van der Waals surface area contributed by atoms with Crippen LogP contribution in [-0.4, -0.2) is 18.4 Å². The number of Topliss-reactive ketones (excluding diaryl/α,β-unsaturated/α-hetero) is 1. The summed E-state index contributed by atoms with van der Waals surface area (Å²) in [6.45, 7) is 3.92. The van der Waals surface area contributed by atoms with Gasteiger partial charge in [0.15, 0.2) is 0 Å². The van der Waals surface area contributed by atoms with E-state index in [9.17, 15) is 9.59 Å². The van der Waals surface area contributed by atoms with Crippen molar-refractivity contribution in [2.45, 2.75) is 32.6 Å². The van der Waals surface area contributed by atoms with Crippen LogP contribution in [0.1, 0.15) is 38.2 Å². The Balaban J connectivity index is 2.82. The van der Waals surface area contributed by atoms with E-state index >= 15 is 0 Å². The third-order valence-electron chi connectivity index (χ3n) is 2.62. The zero-order chi connectivity index (χ0) is 12.7. The maximum absolute atomic E-state index is 11.8. The van der Waals surface area contributed by atoms with Crippen molar-refractivity contribution in [2.75, 3.05) is 6.61 Å². The summed E-state index contributed by atoms with van der Waals surface area (Å²) in [5, 5.41) is 0. The predicted molar refractivity (Wildman–Crippen MR) is 65.7 cm³/mol. The molecule has 0 bridgehead atoms. The van der Waals surface area contributed by atoms with Gasteiger partial charge >= 0.3 is 5.97 Å². The van der Waals surface area contributed by atoms with Gasteiger partial charge in [0.2, 0.25) is 0 Å². The first-order valence-corrected chi connectivity index (χ1v) is 5.92. The Morgan fingerprint density at radius 3 is 2.35 bits per heavy atom. The van der Waals surface area contributed by atoms with Crippen LogP contribution in [-0.2, 0) is 14.3 Å². The summed E-state index contributed by atoms with van der Waals surface area (Å²) in [5.74, 6) is -0.618. The number of ketones is 1. The Hall–Kier alpha value is -1.64. The van der Waals surface area contributed by atoms with E-state index in [0.29, 0.717) is 13.0 Å². The number of carbonyl (C=O) groups is 2. The summed E-state index contributed by atoms with van der Waals surface area (Å²) in [4.78, 5) is 23.3. The molecule has 1 aromatic rings. The van der Waals surface area contributed by atoms with Gasteiger partial charge in [-0.2, -0.15) is 0 Å². The van der Waals surface area contributed by atoms with Crippen LogP contribution < -0.4 is 0 Å². The Kier molecular flexibility index (Phi) is 5.40. The van der Waals surface area contributed by atoms with Crippen molar-refractivity contribution in [1.29, 1.82) is 0 Å². The van der Waals surface area contributed by atoms with Crippen LogP contribution in [0, 0.1) is 0 Å². The second-order valence-corrected chi connectivity index (χ2v) is 3.79. The molecule has 1 aromatic carbocycles. The van der Waals surface area contributed by atoms with Crippen molar-refractivity contribution in [2.24, 2.45) is 0 Å². The molecule has 1 atom stereocenters. The molecule has 0 aliphatic carbocycles. The second-order valence-electron chi connectivity index (χ2n) is 3.79. The molecule has 0 aliphatic rings. The number of hydrogen-bond donors (Lipinski definition) is 0. The quantitative estimate of drug-likeness (QED) is 0.711. The lowest BCUT2D eigenvalue weighted by Crippen LogP contribution is -2.17. The fourth-order valence-electron chi connectivity index (χ4n) is 1.74. The van der Waals surface area contributed by atoms with E-state index in [1.807, 2.05) is 37.3 Å². The molecule has 0 aromatic heterocycles. The van der Waals surface area contributed by atoms with E-state index in [2.05, 4.69) is 0 Å². The summed E-state index contributed by atoms with van der Waals surface area (Å²) < 4.78 is 4.90. The van der Waals surface area contributed by atoms with E-state index in [-0.39, 0.29) is 24.1 Å². The van der Waals surface area contributed by atoms with Gasteiger partial charge < -0.3 is 4.74 Å². The first kappa shape index (κ1) is 13.4. The third-order valence-corrected chi connectivity index (χ3v) is 2.62. The zero-order valence-electron chi connectivity index (χ0n) is 10.3. The minimum absolute atomic E-state index is 0.0734. The van der Waals surface area contributed by atoms with Gasteiger partial charge in [-0.15, -0.1) is 0 Å². The van der Waals surface area contributed by atoms with Crippen molar-refractivity contribution in [3.8, 4) is 0 Å². The zero-order valence-corrected chi connectivity index (χ0v) is 10.3. The van der Waals surface area contributed by atoms with Gasteiger partial charge in [0.1, 0.15) is 5.78 Å². The highest BCUT2D eigenvalue weighted by atomic mass is 16.5. The fourth-order valence-corrected chi connectivity index (χ4v) is 1.74. The third kappa shape index (κ3) is 4.02. The van der Waals surface area contributed by atoms with Crippen LogP contribution in [0.15, 0.2) is 30.3 Å². The number of rotatable bonds is 6. The van der Waals surface area contributed by atoms with Crippen LogP contribution in [0.5, 0.6) is 0 Å². The molecule has 0 spiro atoms. The first-order chi connectivity index (χ1) is 8.19. The topological polar surface area (TPSA) is 43.4 Å². The Bertz CT molecular complexity index is 370. The maximum Gasteiger partial charge on any atom is 0.306 e. The average molecular weight is 234 g/mol. The SMILES string of the molecule is CCOC(=O)CC(C(=O)CC)c1ccccc1. The molecule has 0 fully saturated rings. The summed E-state index contributed by atoms with van der Waals surface area (Å²) in [5.41, 5.74) is 0.882. The molecule has 3 nitrogen and oxygen atoms in total. The number of carbonyl (C=O) groups excluding carboxylic acids is 2. The molecular formula is C14H18O3. The van der Waals surface area contributed by atoms with Gasteiger partial charge in [-0.1, -0.05) is 37.3 Å². The van der Waals surface area contributed by atoms with Crippen molar-refractivity contribution in [3.05, 3.63) is 35.9 Å². The smallest absolute Gasteiger partial charge is 0.306 e.